The maximum absolute atomic E-state index is 12.7. The summed E-state index contributed by atoms with van der Waals surface area (Å²) < 4.78 is 33.9. The van der Waals surface area contributed by atoms with E-state index in [1.807, 2.05) is 0 Å². The lowest BCUT2D eigenvalue weighted by molar-refractivity contribution is -0.220. The number of unbranched alkanes of at least 4 members (excludes halogenated alkanes) is 18. The number of allylic oxidation sites excluding steroid dienone is 2. The van der Waals surface area contributed by atoms with Crippen LogP contribution in [-0.4, -0.2) is 98.9 Å². The van der Waals surface area contributed by atoms with Gasteiger partial charge in [0.1, 0.15) is 42.7 Å². The molecule has 0 heterocycles. The lowest BCUT2D eigenvalue weighted by atomic mass is 9.85. The number of carbonyl (C=O) groups excluding carboxylic acids is 1. The van der Waals surface area contributed by atoms with E-state index in [-0.39, 0.29) is 13.0 Å². The fourth-order valence-corrected chi connectivity index (χ4v) is 6.91. The SMILES string of the molecule is CCCCCC/C=C\CCCCCCCCOCC(COP(=O)(O)OC1C(O)C(O)C(O)C(O)C1O)OC(=O)CCCCCCCCCCC. The zero-order chi connectivity index (χ0) is 37.0. The van der Waals surface area contributed by atoms with Gasteiger partial charge in [-0.3, -0.25) is 13.8 Å². The molecule has 1 aliphatic rings. The molecule has 0 aromatic carbocycles. The highest BCUT2D eigenvalue weighted by atomic mass is 31.2. The van der Waals surface area contributed by atoms with Crippen LogP contribution in [0.25, 0.3) is 0 Å². The summed E-state index contributed by atoms with van der Waals surface area (Å²) >= 11 is 0. The number of hydrogen-bond donors (Lipinski definition) is 6. The molecule has 0 saturated heterocycles. The molecule has 6 N–H and O–H groups in total. The molecule has 0 aromatic rings. The summed E-state index contributed by atoms with van der Waals surface area (Å²) in [7, 11) is -5.00. The van der Waals surface area contributed by atoms with Crippen molar-refractivity contribution in [2.45, 2.75) is 198 Å². The van der Waals surface area contributed by atoms with E-state index >= 15 is 0 Å². The second-order valence-electron chi connectivity index (χ2n) is 13.8. The van der Waals surface area contributed by atoms with E-state index in [1.165, 1.54) is 77.0 Å². The van der Waals surface area contributed by atoms with Crippen LogP contribution in [-0.2, 0) is 27.9 Å². The number of aliphatic hydroxyl groups excluding tert-OH is 5. The van der Waals surface area contributed by atoms with Gasteiger partial charge in [0.25, 0.3) is 0 Å². The van der Waals surface area contributed by atoms with Gasteiger partial charge in [-0.05, 0) is 38.5 Å². The number of phosphoric ester groups is 1. The molecular weight excluding hydrogens is 667 g/mol. The predicted molar refractivity (Wildman–Crippen MR) is 193 cm³/mol. The Kier molecular flexibility index (Phi) is 27.8. The first-order chi connectivity index (χ1) is 24.0. The van der Waals surface area contributed by atoms with Crippen LogP contribution in [0.5, 0.6) is 0 Å². The van der Waals surface area contributed by atoms with Gasteiger partial charge in [0.2, 0.25) is 0 Å². The number of esters is 1. The Morgan fingerprint density at radius 3 is 1.60 bits per heavy atom. The third-order valence-corrected chi connectivity index (χ3v) is 10.1. The first kappa shape index (κ1) is 47.1. The molecule has 12 nitrogen and oxygen atoms in total. The largest absolute Gasteiger partial charge is 0.472 e. The van der Waals surface area contributed by atoms with Gasteiger partial charge in [-0.2, -0.15) is 0 Å². The van der Waals surface area contributed by atoms with Crippen LogP contribution in [0.4, 0.5) is 0 Å². The minimum absolute atomic E-state index is 0.0768. The molecule has 0 amide bonds. The zero-order valence-electron chi connectivity index (χ0n) is 31.0. The van der Waals surface area contributed by atoms with Gasteiger partial charge < -0.3 is 39.9 Å². The first-order valence-electron chi connectivity index (χ1n) is 19.5. The molecule has 296 valence electrons. The molecule has 0 bridgehead atoms. The van der Waals surface area contributed by atoms with Crippen molar-refractivity contribution in [1.82, 2.24) is 0 Å². The van der Waals surface area contributed by atoms with Gasteiger partial charge in [-0.1, -0.05) is 122 Å². The van der Waals surface area contributed by atoms with E-state index in [2.05, 4.69) is 26.0 Å². The summed E-state index contributed by atoms with van der Waals surface area (Å²) in [6, 6.07) is 0. The van der Waals surface area contributed by atoms with E-state index in [4.69, 9.17) is 18.5 Å². The topological polar surface area (TPSA) is 192 Å². The molecule has 1 fully saturated rings. The first-order valence-corrected chi connectivity index (χ1v) is 21.0. The third-order valence-electron chi connectivity index (χ3n) is 9.14. The second kappa shape index (κ2) is 29.5. The fourth-order valence-electron chi connectivity index (χ4n) is 5.94. The van der Waals surface area contributed by atoms with Gasteiger partial charge in [0, 0.05) is 13.0 Å². The van der Waals surface area contributed by atoms with E-state index in [1.54, 1.807) is 0 Å². The van der Waals surface area contributed by atoms with E-state index in [9.17, 15) is 39.8 Å². The number of rotatable bonds is 32. The maximum Gasteiger partial charge on any atom is 0.472 e. The number of hydrogen-bond acceptors (Lipinski definition) is 11. The summed E-state index contributed by atoms with van der Waals surface area (Å²) in [6.07, 6.45) is 15.9. The number of carbonyl (C=O) groups is 1. The van der Waals surface area contributed by atoms with Gasteiger partial charge in [0.05, 0.1) is 13.2 Å². The van der Waals surface area contributed by atoms with Crippen molar-refractivity contribution in [3.05, 3.63) is 12.2 Å². The summed E-state index contributed by atoms with van der Waals surface area (Å²) in [6.45, 7) is 4.18. The van der Waals surface area contributed by atoms with Crippen LogP contribution in [0, 0.1) is 0 Å². The number of phosphoric acid groups is 1. The summed E-state index contributed by atoms with van der Waals surface area (Å²) in [5, 5.41) is 49.9. The van der Waals surface area contributed by atoms with Crippen molar-refractivity contribution in [2.75, 3.05) is 19.8 Å². The van der Waals surface area contributed by atoms with Gasteiger partial charge in [-0.25, -0.2) is 4.57 Å². The molecule has 1 saturated carbocycles. The Balaban J connectivity index is 2.46. The highest BCUT2D eigenvalue weighted by Crippen LogP contribution is 2.47. The normalized spacial score (nSPS) is 24.4. The van der Waals surface area contributed by atoms with Crippen molar-refractivity contribution < 1.29 is 58.3 Å². The Bertz CT molecular complexity index is 890. The molecule has 0 spiro atoms. The highest BCUT2D eigenvalue weighted by Gasteiger charge is 2.51. The lowest BCUT2D eigenvalue weighted by Crippen LogP contribution is -2.64. The van der Waals surface area contributed by atoms with E-state index in [0.717, 1.165) is 51.4 Å². The molecule has 1 rings (SSSR count). The molecule has 0 aromatic heterocycles. The Labute approximate surface area is 301 Å². The van der Waals surface area contributed by atoms with Crippen molar-refractivity contribution >= 4 is 13.8 Å². The van der Waals surface area contributed by atoms with E-state index < -0.39 is 63.1 Å². The quantitative estimate of drug-likeness (QED) is 0.0193. The molecule has 6 unspecified atom stereocenters. The van der Waals surface area contributed by atoms with Crippen LogP contribution in [0.3, 0.4) is 0 Å². The van der Waals surface area contributed by atoms with Crippen LogP contribution in [0.2, 0.25) is 0 Å². The Morgan fingerprint density at radius 2 is 1.06 bits per heavy atom. The Morgan fingerprint density at radius 1 is 0.620 bits per heavy atom. The van der Waals surface area contributed by atoms with Crippen LogP contribution < -0.4 is 0 Å². The smallest absolute Gasteiger partial charge is 0.457 e. The molecule has 0 aliphatic heterocycles. The Hall–Kier alpha value is -0.920. The minimum atomic E-state index is -5.00. The maximum atomic E-state index is 12.7. The summed E-state index contributed by atoms with van der Waals surface area (Å²) in [5.74, 6) is -0.483. The number of aliphatic hydroxyl groups is 5. The second-order valence-corrected chi connectivity index (χ2v) is 15.2. The standard InChI is InChI=1S/C37H71O12P/c1-3-5-7-9-11-13-14-15-16-17-19-21-23-25-27-46-28-30(48-31(38)26-24-22-20-18-12-10-8-6-4-2)29-47-50(44,45)49-37-35(42)33(40)32(39)34(41)36(37)43/h13-14,30,32-37,39-43H,3-12,15-29H2,1-2H3,(H,44,45)/b14-13-. The third kappa shape index (κ3) is 22.2. The lowest BCUT2D eigenvalue weighted by Gasteiger charge is -2.41. The van der Waals surface area contributed by atoms with Crippen LogP contribution >= 0.6 is 7.82 Å². The van der Waals surface area contributed by atoms with Crippen LogP contribution in [0.1, 0.15) is 155 Å². The average Bonchev–Trinajstić information content (AvgIpc) is 3.09. The predicted octanol–water partition coefficient (Wildman–Crippen LogP) is 6.41. The molecule has 13 heteroatoms. The molecular formula is C37H71O12P. The van der Waals surface area contributed by atoms with Gasteiger partial charge in [-0.15, -0.1) is 0 Å². The summed E-state index contributed by atoms with van der Waals surface area (Å²) in [5.41, 5.74) is 0. The zero-order valence-corrected chi connectivity index (χ0v) is 31.8. The van der Waals surface area contributed by atoms with Crippen molar-refractivity contribution in [3.8, 4) is 0 Å². The van der Waals surface area contributed by atoms with Crippen LogP contribution in [0.15, 0.2) is 12.2 Å². The van der Waals surface area contributed by atoms with Crippen molar-refractivity contribution in [1.29, 1.82) is 0 Å². The minimum Gasteiger partial charge on any atom is -0.457 e. The molecule has 50 heavy (non-hydrogen) atoms. The highest BCUT2D eigenvalue weighted by molar-refractivity contribution is 7.47. The summed E-state index contributed by atoms with van der Waals surface area (Å²) in [4.78, 5) is 22.9. The van der Waals surface area contributed by atoms with E-state index in [0.29, 0.717) is 13.0 Å². The number of ether oxygens (including phenoxy) is 2. The van der Waals surface area contributed by atoms with Crippen molar-refractivity contribution in [2.24, 2.45) is 0 Å². The molecule has 0 radical (unpaired) electrons. The fraction of sp³-hybridized carbons (Fsp3) is 0.919. The van der Waals surface area contributed by atoms with Gasteiger partial charge in [0.15, 0.2) is 0 Å². The molecule has 6 atom stereocenters. The van der Waals surface area contributed by atoms with Crippen molar-refractivity contribution in [3.63, 3.8) is 0 Å². The molecule has 1 aliphatic carbocycles. The van der Waals surface area contributed by atoms with Gasteiger partial charge >= 0.3 is 13.8 Å². The average molecular weight is 739 g/mol. The monoisotopic (exact) mass is 738 g/mol.